The lowest BCUT2D eigenvalue weighted by molar-refractivity contribution is 0.252. The van der Waals surface area contributed by atoms with E-state index in [0.29, 0.717) is 6.54 Å². The molecular formula is C25H32N4O. The molecule has 30 heavy (non-hydrogen) atoms. The summed E-state index contributed by atoms with van der Waals surface area (Å²) < 4.78 is 2.15. The van der Waals surface area contributed by atoms with Crippen LogP contribution in [0.1, 0.15) is 43.7 Å². The highest BCUT2D eigenvalue weighted by molar-refractivity contribution is 5.91. The van der Waals surface area contributed by atoms with Gasteiger partial charge in [0.15, 0.2) is 0 Å². The molecule has 2 aromatic carbocycles. The number of imidazole rings is 1. The number of aryl methyl sites for hydroxylation is 3. The number of unbranched alkanes of at least 4 members (excludes halogenated alkanes) is 2. The maximum atomic E-state index is 12.2. The van der Waals surface area contributed by atoms with Crippen molar-refractivity contribution in [2.24, 2.45) is 0 Å². The summed E-state index contributed by atoms with van der Waals surface area (Å²) in [4.78, 5) is 16.7. The molecule has 158 valence electrons. The molecule has 0 bridgehead atoms. The number of anilines is 1. The monoisotopic (exact) mass is 404 g/mol. The fourth-order valence-electron chi connectivity index (χ4n) is 3.50. The smallest absolute Gasteiger partial charge is 0.319 e. The second-order valence-corrected chi connectivity index (χ2v) is 7.66. The van der Waals surface area contributed by atoms with Crippen LogP contribution in [0.25, 0.3) is 11.3 Å². The Labute approximate surface area is 179 Å². The van der Waals surface area contributed by atoms with Gasteiger partial charge in [0.2, 0.25) is 0 Å². The number of rotatable bonds is 10. The molecule has 3 aromatic rings. The summed E-state index contributed by atoms with van der Waals surface area (Å²) in [6, 6.07) is 16.3. The van der Waals surface area contributed by atoms with E-state index in [-0.39, 0.29) is 6.03 Å². The Kier molecular flexibility index (Phi) is 8.07. The number of hydrogen-bond acceptors (Lipinski definition) is 2. The molecule has 2 N–H and O–H groups in total. The predicted octanol–water partition coefficient (Wildman–Crippen LogP) is 5.80. The second kappa shape index (κ2) is 11.2. The van der Waals surface area contributed by atoms with E-state index in [2.05, 4.69) is 57.6 Å². The van der Waals surface area contributed by atoms with Crippen LogP contribution in [0.15, 0.2) is 61.1 Å². The first-order chi connectivity index (χ1) is 14.7. The van der Waals surface area contributed by atoms with Crippen LogP contribution >= 0.6 is 0 Å². The van der Waals surface area contributed by atoms with Gasteiger partial charge in [-0.05, 0) is 43.7 Å². The van der Waals surface area contributed by atoms with Crippen molar-refractivity contribution in [3.05, 3.63) is 72.2 Å². The zero-order valence-electron chi connectivity index (χ0n) is 18.0. The minimum Gasteiger partial charge on any atom is -0.338 e. The number of carbonyl (C=O) groups is 1. The minimum absolute atomic E-state index is 0.120. The third kappa shape index (κ3) is 6.21. The molecule has 1 aromatic heterocycles. The number of para-hydroxylation sites is 1. The molecule has 0 saturated carbocycles. The summed E-state index contributed by atoms with van der Waals surface area (Å²) in [5.74, 6) is 0. The highest BCUT2D eigenvalue weighted by atomic mass is 16.2. The maximum Gasteiger partial charge on any atom is 0.319 e. The van der Waals surface area contributed by atoms with Crippen molar-refractivity contribution >= 4 is 11.7 Å². The fourth-order valence-corrected chi connectivity index (χ4v) is 3.50. The minimum atomic E-state index is -0.120. The normalized spacial score (nSPS) is 10.7. The van der Waals surface area contributed by atoms with Crippen molar-refractivity contribution in [1.82, 2.24) is 14.9 Å². The molecule has 5 nitrogen and oxygen atoms in total. The van der Waals surface area contributed by atoms with E-state index in [1.54, 1.807) is 0 Å². The van der Waals surface area contributed by atoms with Crippen LogP contribution in [0.4, 0.5) is 10.5 Å². The highest BCUT2D eigenvalue weighted by Gasteiger charge is 2.09. The molecule has 0 fully saturated rings. The number of amides is 2. The molecule has 0 saturated heterocycles. The number of aromatic nitrogens is 2. The molecule has 0 aliphatic carbocycles. The molecule has 1 heterocycles. The van der Waals surface area contributed by atoms with Gasteiger partial charge in [-0.1, -0.05) is 61.9 Å². The van der Waals surface area contributed by atoms with Gasteiger partial charge >= 0.3 is 6.03 Å². The first-order valence-corrected chi connectivity index (χ1v) is 10.9. The summed E-state index contributed by atoms with van der Waals surface area (Å²) >= 11 is 0. The van der Waals surface area contributed by atoms with Crippen LogP contribution in [-0.2, 0) is 13.0 Å². The topological polar surface area (TPSA) is 59.0 Å². The summed E-state index contributed by atoms with van der Waals surface area (Å²) in [5.41, 5.74) is 5.38. The molecule has 3 rings (SSSR count). The Balaban J connectivity index is 1.51. The average Bonchev–Trinajstić information content (AvgIpc) is 3.23. The van der Waals surface area contributed by atoms with Gasteiger partial charge in [-0.2, -0.15) is 0 Å². The third-order valence-corrected chi connectivity index (χ3v) is 5.23. The molecule has 0 radical (unpaired) electrons. The van der Waals surface area contributed by atoms with E-state index in [4.69, 9.17) is 0 Å². The number of nitrogens with zero attached hydrogens (tertiary/aromatic N) is 2. The third-order valence-electron chi connectivity index (χ3n) is 5.23. The van der Waals surface area contributed by atoms with Crippen molar-refractivity contribution < 1.29 is 4.79 Å². The molecule has 0 aliphatic heterocycles. The summed E-state index contributed by atoms with van der Waals surface area (Å²) in [6.07, 6.45) is 9.12. The first kappa shape index (κ1) is 21.6. The Morgan fingerprint density at radius 2 is 1.87 bits per heavy atom. The van der Waals surface area contributed by atoms with Crippen molar-refractivity contribution in [3.8, 4) is 11.3 Å². The van der Waals surface area contributed by atoms with Gasteiger partial charge in [-0.15, -0.1) is 0 Å². The summed E-state index contributed by atoms with van der Waals surface area (Å²) in [6.45, 7) is 5.80. The van der Waals surface area contributed by atoms with Crippen LogP contribution in [0.5, 0.6) is 0 Å². The molecule has 2 amide bonds. The largest absolute Gasteiger partial charge is 0.338 e. The van der Waals surface area contributed by atoms with Crippen molar-refractivity contribution in [1.29, 1.82) is 0 Å². The maximum absolute atomic E-state index is 12.2. The Bertz CT molecular complexity index is 933. The zero-order valence-corrected chi connectivity index (χ0v) is 18.0. The van der Waals surface area contributed by atoms with E-state index in [0.717, 1.165) is 61.2 Å². The van der Waals surface area contributed by atoms with Gasteiger partial charge in [-0.3, -0.25) is 0 Å². The number of urea groups is 1. The Hall–Kier alpha value is -3.08. The van der Waals surface area contributed by atoms with E-state index in [9.17, 15) is 4.79 Å². The fraction of sp³-hybridized carbons (Fsp3) is 0.360. The second-order valence-electron chi connectivity index (χ2n) is 7.66. The number of hydrogen-bond donors (Lipinski definition) is 2. The highest BCUT2D eigenvalue weighted by Crippen LogP contribution is 2.23. The zero-order chi connectivity index (χ0) is 21.2. The summed E-state index contributed by atoms with van der Waals surface area (Å²) in [5, 5.41) is 5.98. The lowest BCUT2D eigenvalue weighted by atomic mass is 10.0. The van der Waals surface area contributed by atoms with Gasteiger partial charge in [0, 0.05) is 30.5 Å². The standard InChI is InChI=1S/C25H32N4O/c1-3-4-16-26-25(30)28-24-20(2)11-10-15-22(24)14-8-9-17-29-18-23(27-19-29)21-12-6-5-7-13-21/h5-7,10-13,15,18-19H,3-4,8-9,14,16-17H2,1-2H3,(H2,26,28,30). The van der Waals surface area contributed by atoms with Gasteiger partial charge < -0.3 is 15.2 Å². The van der Waals surface area contributed by atoms with E-state index in [1.807, 2.05) is 37.5 Å². The lowest BCUT2D eigenvalue weighted by Gasteiger charge is -2.15. The van der Waals surface area contributed by atoms with Gasteiger partial charge in [0.1, 0.15) is 0 Å². The van der Waals surface area contributed by atoms with E-state index < -0.39 is 0 Å². The quantitative estimate of drug-likeness (QED) is 0.419. The number of benzene rings is 2. The van der Waals surface area contributed by atoms with Gasteiger partial charge in [-0.25, -0.2) is 9.78 Å². The lowest BCUT2D eigenvalue weighted by Crippen LogP contribution is -2.30. The Morgan fingerprint density at radius 3 is 2.67 bits per heavy atom. The molecule has 0 aliphatic rings. The van der Waals surface area contributed by atoms with Crippen molar-refractivity contribution in [2.45, 2.75) is 52.5 Å². The Morgan fingerprint density at radius 1 is 1.03 bits per heavy atom. The van der Waals surface area contributed by atoms with Gasteiger partial charge in [0.05, 0.1) is 12.0 Å². The van der Waals surface area contributed by atoms with Gasteiger partial charge in [0.25, 0.3) is 0 Å². The summed E-state index contributed by atoms with van der Waals surface area (Å²) in [7, 11) is 0. The van der Waals surface area contributed by atoms with E-state index >= 15 is 0 Å². The van der Waals surface area contributed by atoms with Crippen molar-refractivity contribution in [2.75, 3.05) is 11.9 Å². The molecule has 0 atom stereocenters. The molecule has 0 unspecified atom stereocenters. The number of nitrogens with one attached hydrogen (secondary N) is 2. The van der Waals surface area contributed by atoms with Crippen LogP contribution in [-0.4, -0.2) is 22.1 Å². The van der Waals surface area contributed by atoms with Crippen LogP contribution in [0.2, 0.25) is 0 Å². The molecule has 0 spiro atoms. The predicted molar refractivity (Wildman–Crippen MR) is 124 cm³/mol. The SMILES string of the molecule is CCCCNC(=O)Nc1c(C)cccc1CCCCn1cnc(-c2ccccc2)c1. The van der Waals surface area contributed by atoms with E-state index in [1.165, 1.54) is 5.56 Å². The molecule has 5 heteroatoms. The number of carbonyl (C=O) groups excluding carboxylic acids is 1. The average molecular weight is 405 g/mol. The van der Waals surface area contributed by atoms with Crippen molar-refractivity contribution in [3.63, 3.8) is 0 Å². The molecular weight excluding hydrogens is 372 g/mol. The van der Waals surface area contributed by atoms with Crippen LogP contribution in [0, 0.1) is 6.92 Å². The van der Waals surface area contributed by atoms with Crippen LogP contribution in [0.3, 0.4) is 0 Å². The van der Waals surface area contributed by atoms with Crippen LogP contribution < -0.4 is 10.6 Å². The first-order valence-electron chi connectivity index (χ1n) is 10.9.